The molecule has 0 amide bonds. The van der Waals surface area contributed by atoms with Gasteiger partial charge in [0.2, 0.25) is 0 Å². The molecule has 0 aliphatic heterocycles. The highest BCUT2D eigenvalue weighted by Gasteiger charge is 2.43. The lowest BCUT2D eigenvalue weighted by Crippen LogP contribution is -2.19. The molecule has 2 heteroatoms. The Labute approximate surface area is 75.9 Å². The molecule has 2 bridgehead atoms. The lowest BCUT2D eigenvalue weighted by molar-refractivity contribution is 0.0462. The lowest BCUT2D eigenvalue weighted by Gasteiger charge is -2.17. The van der Waals surface area contributed by atoms with Crippen LogP contribution in [0, 0.1) is 11.8 Å². The number of ether oxygens (including phenoxy) is 1. The van der Waals surface area contributed by atoms with Crippen LogP contribution in [0.1, 0.15) is 13.3 Å². The van der Waals surface area contributed by atoms with Crippen LogP contribution in [-0.2, 0) is 4.74 Å². The van der Waals surface area contributed by atoms with Gasteiger partial charge in [-0.1, -0.05) is 28.1 Å². The van der Waals surface area contributed by atoms with Crippen LogP contribution in [0.2, 0.25) is 0 Å². The maximum Gasteiger partial charge on any atom is 0.0654 e. The van der Waals surface area contributed by atoms with E-state index < -0.39 is 0 Å². The Morgan fingerprint density at radius 2 is 2.36 bits per heavy atom. The number of rotatable bonds is 2. The van der Waals surface area contributed by atoms with Gasteiger partial charge in [-0.3, -0.25) is 0 Å². The number of hydrogen-bond donors (Lipinski definition) is 0. The molecule has 0 heterocycles. The molecular weight excluding hydrogens is 204 g/mol. The zero-order chi connectivity index (χ0) is 7.84. The Bertz CT molecular complexity index is 178. The normalized spacial score (nSPS) is 47.1. The zero-order valence-electron chi connectivity index (χ0n) is 6.66. The minimum Gasteiger partial charge on any atom is -0.378 e. The second-order valence-corrected chi connectivity index (χ2v) is 4.36. The first-order valence-corrected chi connectivity index (χ1v) is 5.18. The summed E-state index contributed by atoms with van der Waals surface area (Å²) in [6.45, 7) is 2.92. The monoisotopic (exact) mass is 216 g/mol. The van der Waals surface area contributed by atoms with Gasteiger partial charge in [0.1, 0.15) is 0 Å². The molecule has 62 valence electrons. The number of alkyl halides is 1. The van der Waals surface area contributed by atoms with E-state index in [-0.39, 0.29) is 0 Å². The van der Waals surface area contributed by atoms with Gasteiger partial charge >= 0.3 is 0 Å². The summed E-state index contributed by atoms with van der Waals surface area (Å²) in [5.41, 5.74) is 0. The van der Waals surface area contributed by atoms with Crippen LogP contribution in [0.4, 0.5) is 0 Å². The van der Waals surface area contributed by atoms with Gasteiger partial charge in [-0.05, 0) is 19.3 Å². The average molecular weight is 217 g/mol. The Kier molecular flexibility index (Phi) is 2.06. The van der Waals surface area contributed by atoms with E-state index in [9.17, 15) is 0 Å². The van der Waals surface area contributed by atoms with Gasteiger partial charge in [-0.15, -0.1) is 0 Å². The SMILES string of the molecule is CCO[C@@H]1C[C@H]2C=C[C@@H]1[C@H]2Br. The highest BCUT2D eigenvalue weighted by molar-refractivity contribution is 9.09. The van der Waals surface area contributed by atoms with Crippen molar-refractivity contribution in [3.63, 3.8) is 0 Å². The van der Waals surface area contributed by atoms with Gasteiger partial charge < -0.3 is 4.74 Å². The summed E-state index contributed by atoms with van der Waals surface area (Å²) in [7, 11) is 0. The maximum atomic E-state index is 5.63. The van der Waals surface area contributed by atoms with Gasteiger partial charge in [0.25, 0.3) is 0 Å². The lowest BCUT2D eigenvalue weighted by atomic mass is 10.1. The molecule has 4 atom stereocenters. The fourth-order valence-electron chi connectivity index (χ4n) is 2.12. The fourth-order valence-corrected chi connectivity index (χ4v) is 3.03. The zero-order valence-corrected chi connectivity index (χ0v) is 8.25. The molecule has 2 aliphatic carbocycles. The van der Waals surface area contributed by atoms with E-state index in [0.717, 1.165) is 12.5 Å². The highest BCUT2D eigenvalue weighted by Crippen LogP contribution is 2.45. The topological polar surface area (TPSA) is 9.23 Å². The molecule has 0 aromatic carbocycles. The van der Waals surface area contributed by atoms with E-state index in [1.807, 2.05) is 0 Å². The van der Waals surface area contributed by atoms with E-state index in [1.54, 1.807) is 0 Å². The van der Waals surface area contributed by atoms with Crippen molar-refractivity contribution in [1.29, 1.82) is 0 Å². The molecule has 1 nitrogen and oxygen atoms in total. The van der Waals surface area contributed by atoms with E-state index in [1.165, 1.54) is 6.42 Å². The Morgan fingerprint density at radius 3 is 2.82 bits per heavy atom. The van der Waals surface area contributed by atoms with Crippen molar-refractivity contribution < 1.29 is 4.74 Å². The van der Waals surface area contributed by atoms with Gasteiger partial charge in [0.15, 0.2) is 0 Å². The van der Waals surface area contributed by atoms with Crippen molar-refractivity contribution >= 4 is 15.9 Å². The predicted molar refractivity (Wildman–Crippen MR) is 48.9 cm³/mol. The summed E-state index contributed by atoms with van der Waals surface area (Å²) in [4.78, 5) is 0.652. The van der Waals surface area contributed by atoms with E-state index in [0.29, 0.717) is 16.8 Å². The fraction of sp³-hybridized carbons (Fsp3) is 0.778. The minimum absolute atomic E-state index is 0.486. The van der Waals surface area contributed by atoms with E-state index in [4.69, 9.17) is 4.74 Å². The van der Waals surface area contributed by atoms with Crippen molar-refractivity contribution in [2.45, 2.75) is 24.3 Å². The third-order valence-electron chi connectivity index (χ3n) is 2.67. The molecule has 0 unspecified atom stereocenters. The summed E-state index contributed by atoms with van der Waals surface area (Å²) >= 11 is 3.70. The van der Waals surface area contributed by atoms with Gasteiger partial charge in [0.05, 0.1) is 6.10 Å². The molecule has 2 aliphatic rings. The second kappa shape index (κ2) is 2.91. The second-order valence-electron chi connectivity index (χ2n) is 3.30. The Morgan fingerprint density at radius 1 is 1.55 bits per heavy atom. The van der Waals surface area contributed by atoms with Crippen molar-refractivity contribution in [2.75, 3.05) is 6.61 Å². The number of hydrogen-bond acceptors (Lipinski definition) is 1. The molecule has 0 radical (unpaired) electrons. The van der Waals surface area contributed by atoms with Crippen molar-refractivity contribution in [2.24, 2.45) is 11.8 Å². The van der Waals surface area contributed by atoms with Crippen molar-refractivity contribution in [3.8, 4) is 0 Å². The predicted octanol–water partition coefficient (Wildman–Crippen LogP) is 2.36. The summed E-state index contributed by atoms with van der Waals surface area (Å²) < 4.78 is 5.63. The summed E-state index contributed by atoms with van der Waals surface area (Å²) in [5, 5.41) is 0. The first-order valence-electron chi connectivity index (χ1n) is 4.27. The van der Waals surface area contributed by atoms with Crippen LogP contribution < -0.4 is 0 Å². The number of allylic oxidation sites excluding steroid dienone is 1. The van der Waals surface area contributed by atoms with Crippen LogP contribution in [0.15, 0.2) is 12.2 Å². The third kappa shape index (κ3) is 1.17. The van der Waals surface area contributed by atoms with Crippen LogP contribution in [-0.4, -0.2) is 17.5 Å². The minimum atomic E-state index is 0.486. The number of halogens is 1. The summed E-state index contributed by atoms with van der Waals surface area (Å²) in [5.74, 6) is 1.37. The van der Waals surface area contributed by atoms with Gasteiger partial charge in [0, 0.05) is 17.4 Å². The van der Waals surface area contributed by atoms with Crippen LogP contribution >= 0.6 is 15.9 Å². The molecule has 0 N–H and O–H groups in total. The first kappa shape index (κ1) is 7.81. The standard InChI is InChI=1S/C9H13BrO/c1-2-11-8-5-6-3-4-7(8)9(6)10/h3-4,6-9H,2,5H2,1H3/t6-,7+,8-,9+/m1/s1. The van der Waals surface area contributed by atoms with Crippen LogP contribution in [0.5, 0.6) is 0 Å². The molecule has 0 saturated heterocycles. The summed E-state index contributed by atoms with van der Waals surface area (Å²) in [6.07, 6.45) is 6.32. The van der Waals surface area contributed by atoms with Gasteiger partial charge in [-0.25, -0.2) is 0 Å². The highest BCUT2D eigenvalue weighted by atomic mass is 79.9. The van der Waals surface area contributed by atoms with Crippen molar-refractivity contribution in [1.82, 2.24) is 0 Å². The van der Waals surface area contributed by atoms with Crippen LogP contribution in [0.3, 0.4) is 0 Å². The quantitative estimate of drug-likeness (QED) is 0.509. The third-order valence-corrected chi connectivity index (χ3v) is 3.96. The maximum absolute atomic E-state index is 5.63. The van der Waals surface area contributed by atoms with E-state index in [2.05, 4.69) is 35.0 Å². The molecule has 1 saturated carbocycles. The molecule has 1 fully saturated rings. The largest absolute Gasteiger partial charge is 0.378 e. The molecule has 0 aromatic heterocycles. The smallest absolute Gasteiger partial charge is 0.0654 e. The molecule has 11 heavy (non-hydrogen) atoms. The Balaban J connectivity index is 2.03. The summed E-state index contributed by atoms with van der Waals surface area (Å²) in [6, 6.07) is 0. The van der Waals surface area contributed by atoms with Gasteiger partial charge in [-0.2, -0.15) is 0 Å². The first-order chi connectivity index (χ1) is 5.33. The van der Waals surface area contributed by atoms with Crippen LogP contribution in [0.25, 0.3) is 0 Å². The number of fused-ring (bicyclic) bond motifs is 2. The van der Waals surface area contributed by atoms with E-state index >= 15 is 0 Å². The Hall–Kier alpha value is 0.180. The average Bonchev–Trinajstić information content (AvgIpc) is 2.47. The molecular formula is C9H13BrO. The molecule has 0 spiro atoms. The van der Waals surface area contributed by atoms with Crippen molar-refractivity contribution in [3.05, 3.63) is 12.2 Å². The molecule has 0 aromatic rings. The molecule has 2 rings (SSSR count).